The zero-order valence-electron chi connectivity index (χ0n) is 11.5. The molecule has 5 nitrogen and oxygen atoms in total. The van der Waals surface area contributed by atoms with Gasteiger partial charge in [-0.05, 0) is 42.8 Å². The Morgan fingerprint density at radius 2 is 1.76 bits per heavy atom. The van der Waals surface area contributed by atoms with Crippen molar-refractivity contribution in [1.29, 1.82) is 0 Å². The van der Waals surface area contributed by atoms with E-state index in [0.717, 1.165) is 10.2 Å². The van der Waals surface area contributed by atoms with E-state index in [2.05, 4.69) is 31.0 Å². The molecular weight excluding hydrogens is 354 g/mol. The van der Waals surface area contributed by atoms with Gasteiger partial charge in [-0.25, -0.2) is 13.4 Å². The van der Waals surface area contributed by atoms with Crippen LogP contribution in [0.3, 0.4) is 0 Å². The fraction of sp³-hybridized carbons (Fsp3) is 0.214. The molecular formula is C14H16BrN3O2S. The van der Waals surface area contributed by atoms with Gasteiger partial charge < -0.3 is 5.32 Å². The molecule has 2 N–H and O–H groups in total. The van der Waals surface area contributed by atoms with Crippen LogP contribution < -0.4 is 10.0 Å². The van der Waals surface area contributed by atoms with Crippen LogP contribution >= 0.6 is 15.9 Å². The maximum absolute atomic E-state index is 11.6. The van der Waals surface area contributed by atoms with Crippen molar-refractivity contribution in [3.8, 4) is 0 Å². The lowest BCUT2D eigenvalue weighted by Gasteiger charge is -2.09. The van der Waals surface area contributed by atoms with Gasteiger partial charge in [0.05, 0.1) is 17.6 Å². The van der Waals surface area contributed by atoms with Crippen LogP contribution in [0.2, 0.25) is 0 Å². The van der Waals surface area contributed by atoms with Crippen molar-refractivity contribution in [1.82, 2.24) is 4.98 Å². The van der Waals surface area contributed by atoms with Crippen LogP contribution in [0.5, 0.6) is 0 Å². The quantitative estimate of drug-likeness (QED) is 0.813. The summed E-state index contributed by atoms with van der Waals surface area (Å²) in [5.41, 5.74) is 1.37. The Labute approximate surface area is 133 Å². The van der Waals surface area contributed by atoms with Crippen molar-refractivity contribution in [2.24, 2.45) is 0 Å². The van der Waals surface area contributed by atoms with Crippen molar-refractivity contribution in [3.05, 3.63) is 47.1 Å². The lowest BCUT2D eigenvalue weighted by molar-refractivity contribution is 0.600. The SMILES string of the molecule is CCCS(=O)(=O)Nc1ccc(Nc2ccc(Br)cc2)nc1. The van der Waals surface area contributed by atoms with Gasteiger partial charge in [0.2, 0.25) is 10.0 Å². The zero-order valence-corrected chi connectivity index (χ0v) is 13.9. The molecule has 1 aromatic carbocycles. The van der Waals surface area contributed by atoms with Gasteiger partial charge in [0, 0.05) is 10.2 Å². The molecule has 0 aliphatic rings. The Bertz CT molecular complexity index is 685. The van der Waals surface area contributed by atoms with Crippen LogP contribution in [0.15, 0.2) is 47.1 Å². The number of anilines is 3. The van der Waals surface area contributed by atoms with E-state index in [1.54, 1.807) is 12.1 Å². The highest BCUT2D eigenvalue weighted by molar-refractivity contribution is 9.10. The molecule has 0 bridgehead atoms. The molecule has 2 rings (SSSR count). The van der Waals surface area contributed by atoms with Gasteiger partial charge in [-0.2, -0.15) is 0 Å². The average molecular weight is 370 g/mol. The third-order valence-electron chi connectivity index (χ3n) is 2.63. The maximum atomic E-state index is 11.6. The number of aromatic nitrogens is 1. The van der Waals surface area contributed by atoms with Gasteiger partial charge >= 0.3 is 0 Å². The molecule has 0 unspecified atom stereocenters. The van der Waals surface area contributed by atoms with E-state index in [1.165, 1.54) is 6.20 Å². The molecule has 0 aliphatic carbocycles. The van der Waals surface area contributed by atoms with E-state index < -0.39 is 10.0 Å². The summed E-state index contributed by atoms with van der Waals surface area (Å²) in [5, 5.41) is 3.14. The Morgan fingerprint density at radius 3 is 2.33 bits per heavy atom. The highest BCUT2D eigenvalue weighted by atomic mass is 79.9. The molecule has 1 heterocycles. The fourth-order valence-corrected chi connectivity index (χ4v) is 3.09. The number of sulfonamides is 1. The lowest BCUT2D eigenvalue weighted by Crippen LogP contribution is -2.16. The van der Waals surface area contributed by atoms with Crippen LogP contribution in [0.25, 0.3) is 0 Å². The van der Waals surface area contributed by atoms with E-state index in [4.69, 9.17) is 0 Å². The van der Waals surface area contributed by atoms with E-state index >= 15 is 0 Å². The van der Waals surface area contributed by atoms with Crippen molar-refractivity contribution >= 4 is 43.1 Å². The second-order valence-corrected chi connectivity index (χ2v) is 7.24. The summed E-state index contributed by atoms with van der Waals surface area (Å²) in [6.07, 6.45) is 2.07. The third-order valence-corrected chi connectivity index (χ3v) is 4.65. The summed E-state index contributed by atoms with van der Waals surface area (Å²) < 4.78 is 26.8. The van der Waals surface area contributed by atoms with Crippen LogP contribution in [-0.4, -0.2) is 19.2 Å². The van der Waals surface area contributed by atoms with Crippen LogP contribution in [0.4, 0.5) is 17.2 Å². The van der Waals surface area contributed by atoms with E-state index in [9.17, 15) is 8.42 Å². The van der Waals surface area contributed by atoms with Gasteiger partial charge in [0.1, 0.15) is 5.82 Å². The third kappa shape index (κ3) is 5.02. The Balaban J connectivity index is 2.03. The predicted molar refractivity (Wildman–Crippen MR) is 89.4 cm³/mol. The zero-order chi connectivity index (χ0) is 15.3. The normalized spacial score (nSPS) is 11.1. The van der Waals surface area contributed by atoms with E-state index in [-0.39, 0.29) is 5.75 Å². The summed E-state index contributed by atoms with van der Waals surface area (Å²) in [5.74, 6) is 0.752. The highest BCUT2D eigenvalue weighted by Crippen LogP contribution is 2.19. The Hall–Kier alpha value is -1.60. The Morgan fingerprint density at radius 1 is 1.10 bits per heavy atom. The Kier molecular flexibility index (Phi) is 5.19. The van der Waals surface area contributed by atoms with Crippen molar-refractivity contribution in [2.75, 3.05) is 15.8 Å². The topological polar surface area (TPSA) is 71.1 Å². The van der Waals surface area contributed by atoms with Crippen molar-refractivity contribution in [3.63, 3.8) is 0 Å². The molecule has 0 fully saturated rings. The van der Waals surface area contributed by atoms with Crippen LogP contribution in [0.1, 0.15) is 13.3 Å². The number of rotatable bonds is 6. The molecule has 0 saturated heterocycles. The van der Waals surface area contributed by atoms with Gasteiger partial charge in [-0.3, -0.25) is 4.72 Å². The number of halogens is 1. The van der Waals surface area contributed by atoms with Crippen molar-refractivity contribution < 1.29 is 8.42 Å². The first-order chi connectivity index (χ1) is 9.98. The standard InChI is InChI=1S/C14H16BrN3O2S/c1-2-9-21(19,20)18-13-7-8-14(16-10-13)17-12-5-3-11(15)4-6-12/h3-8,10,18H,2,9H2,1H3,(H,16,17). The minimum atomic E-state index is -3.28. The summed E-state index contributed by atoms with van der Waals surface area (Å²) in [7, 11) is -3.28. The average Bonchev–Trinajstić information content (AvgIpc) is 2.43. The number of hydrogen-bond donors (Lipinski definition) is 2. The minimum absolute atomic E-state index is 0.103. The molecule has 0 atom stereocenters. The summed E-state index contributed by atoms with van der Waals surface area (Å²) in [6.45, 7) is 1.82. The predicted octanol–water partition coefficient (Wildman–Crippen LogP) is 3.74. The highest BCUT2D eigenvalue weighted by Gasteiger charge is 2.08. The number of nitrogens with zero attached hydrogens (tertiary/aromatic N) is 1. The van der Waals surface area contributed by atoms with Crippen LogP contribution in [0, 0.1) is 0 Å². The number of hydrogen-bond acceptors (Lipinski definition) is 4. The molecule has 1 aromatic heterocycles. The van der Waals surface area contributed by atoms with E-state index in [1.807, 2.05) is 31.2 Å². The minimum Gasteiger partial charge on any atom is -0.340 e. The largest absolute Gasteiger partial charge is 0.340 e. The summed E-state index contributed by atoms with van der Waals surface area (Å²) in [4.78, 5) is 4.19. The molecule has 2 aromatic rings. The van der Waals surface area contributed by atoms with Gasteiger partial charge in [-0.1, -0.05) is 22.9 Å². The summed E-state index contributed by atoms with van der Waals surface area (Å²) >= 11 is 3.37. The number of nitrogens with one attached hydrogen (secondary N) is 2. The van der Waals surface area contributed by atoms with Gasteiger partial charge in [0.15, 0.2) is 0 Å². The first-order valence-electron chi connectivity index (χ1n) is 6.47. The molecule has 0 spiro atoms. The van der Waals surface area contributed by atoms with Crippen LogP contribution in [-0.2, 0) is 10.0 Å². The second kappa shape index (κ2) is 6.91. The lowest BCUT2D eigenvalue weighted by atomic mass is 10.3. The second-order valence-electron chi connectivity index (χ2n) is 4.48. The molecule has 7 heteroatoms. The number of pyridine rings is 1. The first kappa shape index (κ1) is 15.8. The van der Waals surface area contributed by atoms with Gasteiger partial charge in [-0.15, -0.1) is 0 Å². The van der Waals surface area contributed by atoms with Gasteiger partial charge in [0.25, 0.3) is 0 Å². The maximum Gasteiger partial charge on any atom is 0.232 e. The molecule has 21 heavy (non-hydrogen) atoms. The summed E-state index contributed by atoms with van der Waals surface area (Å²) in [6, 6.07) is 11.1. The number of benzene rings is 1. The molecule has 112 valence electrons. The molecule has 0 amide bonds. The first-order valence-corrected chi connectivity index (χ1v) is 8.92. The molecule has 0 radical (unpaired) electrons. The van der Waals surface area contributed by atoms with Crippen molar-refractivity contribution in [2.45, 2.75) is 13.3 Å². The molecule has 0 aliphatic heterocycles. The smallest absolute Gasteiger partial charge is 0.232 e. The molecule has 0 saturated carbocycles. The monoisotopic (exact) mass is 369 g/mol. The van der Waals surface area contributed by atoms with E-state index in [0.29, 0.717) is 17.9 Å². The fourth-order valence-electron chi connectivity index (χ4n) is 1.71.